The van der Waals surface area contributed by atoms with Crippen LogP contribution in [0.4, 0.5) is 13.6 Å². The third kappa shape index (κ3) is 5.85. The fourth-order valence-corrected chi connectivity index (χ4v) is 2.56. The molecule has 0 heterocycles. The molecular weight excluding hydrogens is 284 g/mol. The van der Waals surface area contributed by atoms with Crippen molar-refractivity contribution in [2.75, 3.05) is 0 Å². The summed E-state index contributed by atoms with van der Waals surface area (Å²) in [6, 6.07) is -1.30. The van der Waals surface area contributed by atoms with Gasteiger partial charge in [0.25, 0.3) is 6.43 Å². The highest BCUT2D eigenvalue weighted by molar-refractivity contribution is 5.70. The summed E-state index contributed by atoms with van der Waals surface area (Å²) >= 11 is 0. The molecule has 0 spiro atoms. The number of hydrogen-bond donors (Lipinski definition) is 2. The number of aliphatic carboxylic acids is 1. The lowest BCUT2D eigenvalue weighted by Gasteiger charge is -2.33. The van der Waals surface area contributed by atoms with Crippen molar-refractivity contribution in [3.63, 3.8) is 0 Å². The van der Waals surface area contributed by atoms with Crippen LogP contribution in [0.15, 0.2) is 0 Å². The monoisotopic (exact) mass is 307 g/mol. The Morgan fingerprint density at radius 2 is 1.71 bits per heavy atom. The minimum atomic E-state index is -2.70. The quantitative estimate of drug-likeness (QED) is 0.837. The molecule has 0 aliphatic heterocycles. The van der Waals surface area contributed by atoms with Crippen LogP contribution in [0.5, 0.6) is 0 Å². The molecule has 0 bridgehead atoms. The highest BCUT2D eigenvalue weighted by Crippen LogP contribution is 2.33. The van der Waals surface area contributed by atoms with E-state index in [2.05, 4.69) is 5.32 Å². The van der Waals surface area contributed by atoms with E-state index in [9.17, 15) is 18.4 Å². The van der Waals surface area contributed by atoms with Crippen molar-refractivity contribution in [2.45, 2.75) is 64.5 Å². The zero-order valence-electron chi connectivity index (χ0n) is 12.6. The fraction of sp³-hybridized carbons (Fsp3) is 0.857. The molecule has 2 N–H and O–H groups in total. The number of alkyl halides is 2. The molecule has 0 aromatic carbocycles. The number of amides is 1. The van der Waals surface area contributed by atoms with Crippen LogP contribution in [-0.2, 0) is 9.53 Å². The molecule has 1 fully saturated rings. The van der Waals surface area contributed by atoms with Crippen LogP contribution in [0.1, 0.15) is 46.5 Å². The lowest BCUT2D eigenvalue weighted by Crippen LogP contribution is -2.48. The molecule has 1 atom stereocenters. The number of carbonyl (C=O) groups is 2. The topological polar surface area (TPSA) is 75.6 Å². The van der Waals surface area contributed by atoms with Gasteiger partial charge in [-0.1, -0.05) is 0 Å². The van der Waals surface area contributed by atoms with Gasteiger partial charge in [0.15, 0.2) is 0 Å². The molecule has 122 valence electrons. The van der Waals surface area contributed by atoms with Crippen molar-refractivity contribution in [3.05, 3.63) is 0 Å². The molecule has 0 saturated heterocycles. The fourth-order valence-electron chi connectivity index (χ4n) is 2.56. The van der Waals surface area contributed by atoms with E-state index in [-0.39, 0.29) is 0 Å². The molecule has 0 aromatic heterocycles. The predicted octanol–water partition coefficient (Wildman–Crippen LogP) is 3.04. The lowest BCUT2D eigenvalue weighted by molar-refractivity contribution is -0.143. The van der Waals surface area contributed by atoms with E-state index in [1.54, 1.807) is 20.8 Å². The van der Waals surface area contributed by atoms with Gasteiger partial charge in [-0.3, -0.25) is 4.79 Å². The number of nitrogens with one attached hydrogen (secondary N) is 1. The van der Waals surface area contributed by atoms with Crippen LogP contribution in [0.3, 0.4) is 0 Å². The normalized spacial score (nSPS) is 24.5. The van der Waals surface area contributed by atoms with Gasteiger partial charge in [-0.05, 0) is 52.4 Å². The Morgan fingerprint density at radius 1 is 1.19 bits per heavy atom. The molecule has 5 nitrogen and oxygen atoms in total. The molecule has 1 amide bonds. The van der Waals surface area contributed by atoms with Crippen molar-refractivity contribution in [1.29, 1.82) is 0 Å². The van der Waals surface area contributed by atoms with Gasteiger partial charge < -0.3 is 15.2 Å². The number of carbonyl (C=O) groups excluding carboxylic acids is 1. The van der Waals surface area contributed by atoms with Crippen molar-refractivity contribution >= 4 is 12.1 Å². The molecule has 7 heteroatoms. The summed E-state index contributed by atoms with van der Waals surface area (Å²) in [4.78, 5) is 22.5. The Bertz CT molecular complexity index is 374. The van der Waals surface area contributed by atoms with Crippen LogP contribution in [0.25, 0.3) is 0 Å². The number of ether oxygens (including phenoxy) is 1. The second-order valence-corrected chi connectivity index (χ2v) is 6.46. The number of carboxylic acids is 1. The maximum absolute atomic E-state index is 13.1. The Morgan fingerprint density at radius 3 is 2.10 bits per heavy atom. The van der Waals surface area contributed by atoms with Crippen molar-refractivity contribution in [1.82, 2.24) is 5.32 Å². The second-order valence-electron chi connectivity index (χ2n) is 6.46. The first-order chi connectivity index (χ1) is 9.60. The van der Waals surface area contributed by atoms with Crippen LogP contribution in [-0.4, -0.2) is 35.2 Å². The average molecular weight is 307 g/mol. The molecule has 21 heavy (non-hydrogen) atoms. The van der Waals surface area contributed by atoms with Crippen molar-refractivity contribution in [3.8, 4) is 0 Å². The van der Waals surface area contributed by atoms with Gasteiger partial charge in [0.05, 0.1) is 12.0 Å². The standard InChI is InChI=1S/C14H23F2NO4/c1-14(2,3)21-13(20)17-10(11(15)16)8-4-6-9(7-5-8)12(18)19/h8-11H,4-7H2,1-3H3,(H,17,20)(H,18,19)/t8-,9-,10-/m0/s1. The summed E-state index contributed by atoms with van der Waals surface area (Å²) in [5, 5.41) is 11.1. The van der Waals surface area contributed by atoms with Gasteiger partial charge in [0.1, 0.15) is 5.60 Å². The van der Waals surface area contributed by atoms with Gasteiger partial charge in [-0.15, -0.1) is 0 Å². The molecule has 0 radical (unpaired) electrons. The first-order valence-corrected chi connectivity index (χ1v) is 7.10. The number of alkyl carbamates (subject to hydrolysis) is 1. The Balaban J connectivity index is 2.59. The number of hydrogen-bond acceptors (Lipinski definition) is 3. The Labute approximate surface area is 123 Å². The smallest absolute Gasteiger partial charge is 0.408 e. The lowest BCUT2D eigenvalue weighted by atomic mass is 9.78. The molecular formula is C14H23F2NO4. The Kier molecular flexibility index (Phi) is 5.92. The predicted molar refractivity (Wildman–Crippen MR) is 72.2 cm³/mol. The number of carboxylic acid groups (broad SMARTS) is 1. The molecule has 1 rings (SSSR count). The van der Waals surface area contributed by atoms with E-state index < -0.39 is 42.0 Å². The van der Waals surface area contributed by atoms with Crippen LogP contribution < -0.4 is 5.32 Å². The highest BCUT2D eigenvalue weighted by Gasteiger charge is 2.36. The van der Waals surface area contributed by atoms with E-state index >= 15 is 0 Å². The van der Waals surface area contributed by atoms with Crippen LogP contribution >= 0.6 is 0 Å². The van der Waals surface area contributed by atoms with Crippen molar-refractivity contribution < 1.29 is 28.2 Å². The first-order valence-electron chi connectivity index (χ1n) is 7.10. The molecule has 1 aliphatic carbocycles. The first kappa shape index (κ1) is 17.7. The van der Waals surface area contributed by atoms with E-state index in [4.69, 9.17) is 9.84 Å². The average Bonchev–Trinajstić information content (AvgIpc) is 2.33. The van der Waals surface area contributed by atoms with E-state index in [0.717, 1.165) is 0 Å². The summed E-state index contributed by atoms with van der Waals surface area (Å²) in [6.07, 6.45) is -2.13. The van der Waals surface area contributed by atoms with Crippen LogP contribution in [0, 0.1) is 11.8 Å². The van der Waals surface area contributed by atoms with Gasteiger partial charge in [-0.2, -0.15) is 0 Å². The summed E-state index contributed by atoms with van der Waals surface area (Å²) in [5.74, 6) is -1.78. The van der Waals surface area contributed by atoms with Gasteiger partial charge >= 0.3 is 12.1 Å². The summed E-state index contributed by atoms with van der Waals surface area (Å²) in [7, 11) is 0. The van der Waals surface area contributed by atoms with Gasteiger partial charge in [0.2, 0.25) is 0 Å². The largest absolute Gasteiger partial charge is 0.481 e. The maximum atomic E-state index is 13.1. The molecule has 0 aromatic rings. The third-order valence-electron chi connectivity index (χ3n) is 3.58. The molecule has 0 unspecified atom stereocenters. The number of rotatable bonds is 4. The Hall–Kier alpha value is -1.40. The molecule has 1 saturated carbocycles. The maximum Gasteiger partial charge on any atom is 0.408 e. The third-order valence-corrected chi connectivity index (χ3v) is 3.58. The second kappa shape index (κ2) is 7.04. The SMILES string of the molecule is CC(C)(C)OC(=O)N[C@H](C(F)F)[C@H]1CC[C@H](C(=O)O)CC1. The zero-order valence-corrected chi connectivity index (χ0v) is 12.6. The summed E-state index contributed by atoms with van der Waals surface area (Å²) < 4.78 is 31.3. The minimum Gasteiger partial charge on any atom is -0.481 e. The van der Waals surface area contributed by atoms with E-state index in [1.165, 1.54) is 0 Å². The van der Waals surface area contributed by atoms with Crippen molar-refractivity contribution in [2.24, 2.45) is 11.8 Å². The molecule has 1 aliphatic rings. The van der Waals surface area contributed by atoms with E-state index in [0.29, 0.717) is 25.7 Å². The van der Waals surface area contributed by atoms with E-state index in [1.807, 2.05) is 0 Å². The van der Waals surface area contributed by atoms with Gasteiger partial charge in [-0.25, -0.2) is 13.6 Å². The van der Waals surface area contributed by atoms with Crippen LogP contribution in [0.2, 0.25) is 0 Å². The minimum absolute atomic E-state index is 0.360. The zero-order chi connectivity index (χ0) is 16.2. The summed E-state index contributed by atoms with van der Waals surface area (Å²) in [6.45, 7) is 4.96. The highest BCUT2D eigenvalue weighted by atomic mass is 19.3. The summed E-state index contributed by atoms with van der Waals surface area (Å²) in [5.41, 5.74) is -0.752. The van der Waals surface area contributed by atoms with Gasteiger partial charge in [0, 0.05) is 0 Å². The number of halogens is 2.